The Morgan fingerprint density at radius 3 is 2.61 bits per heavy atom. The van der Waals surface area contributed by atoms with E-state index in [1.807, 2.05) is 30.3 Å². The van der Waals surface area contributed by atoms with E-state index in [-0.39, 0.29) is 22.8 Å². The Bertz CT molecular complexity index is 1070. The van der Waals surface area contributed by atoms with Gasteiger partial charge in [0.15, 0.2) is 10.9 Å². The van der Waals surface area contributed by atoms with E-state index in [2.05, 4.69) is 20.5 Å². The van der Waals surface area contributed by atoms with E-state index in [9.17, 15) is 9.59 Å². The van der Waals surface area contributed by atoms with Crippen LogP contribution in [0.1, 0.15) is 23.7 Å². The maximum absolute atomic E-state index is 12.7. The smallest absolute Gasteiger partial charge is 0.278 e. The zero-order valence-corrected chi connectivity index (χ0v) is 17.5. The first-order chi connectivity index (χ1) is 13.5. The van der Waals surface area contributed by atoms with E-state index < -0.39 is 10.8 Å². The summed E-state index contributed by atoms with van der Waals surface area (Å²) < 4.78 is 0.830. The Balaban J connectivity index is 1.61. The summed E-state index contributed by atoms with van der Waals surface area (Å²) in [5.41, 5.74) is 0.914. The zero-order chi connectivity index (χ0) is 19.7. The van der Waals surface area contributed by atoms with Gasteiger partial charge < -0.3 is 5.32 Å². The number of aromatic amines is 1. The molecule has 6 nitrogen and oxygen atoms in total. The number of amides is 1. The standard InChI is InChI=1S/C18H14Cl2N4O2S2/c19-12-8-11(15(20)27-12)13-16(25)22-18(24-23-13)28-14(9-4-2-1-3-5-9)17(26)21-10-6-7-10/h1-5,8,10,14H,6-7H2,(H,21,26)(H,22,24,25). The molecule has 144 valence electrons. The molecule has 2 N–H and O–H groups in total. The van der Waals surface area contributed by atoms with Gasteiger partial charge in [0.2, 0.25) is 5.91 Å². The number of carbonyl (C=O) groups excluding carboxylic acids is 1. The second-order valence-electron chi connectivity index (χ2n) is 6.24. The van der Waals surface area contributed by atoms with E-state index in [0.717, 1.165) is 41.5 Å². The van der Waals surface area contributed by atoms with Crippen LogP contribution in [0, 0.1) is 0 Å². The van der Waals surface area contributed by atoms with E-state index in [4.69, 9.17) is 23.2 Å². The second kappa shape index (κ2) is 8.24. The molecule has 28 heavy (non-hydrogen) atoms. The number of hydrogen-bond donors (Lipinski definition) is 2. The number of halogens is 2. The monoisotopic (exact) mass is 452 g/mol. The third-order valence-corrected chi connectivity index (χ3v) is 6.70. The van der Waals surface area contributed by atoms with Crippen LogP contribution in [0.5, 0.6) is 0 Å². The lowest BCUT2D eigenvalue weighted by Gasteiger charge is -2.16. The average Bonchev–Trinajstić information content (AvgIpc) is 3.42. The highest BCUT2D eigenvalue weighted by Gasteiger charge is 2.30. The molecule has 10 heteroatoms. The summed E-state index contributed by atoms with van der Waals surface area (Å²) in [4.78, 5) is 27.9. The van der Waals surface area contributed by atoms with Crippen LogP contribution in [-0.4, -0.2) is 27.1 Å². The van der Waals surface area contributed by atoms with Gasteiger partial charge in [0.05, 0.1) is 4.34 Å². The van der Waals surface area contributed by atoms with Gasteiger partial charge >= 0.3 is 0 Å². The fraction of sp³-hybridized carbons (Fsp3) is 0.222. The van der Waals surface area contributed by atoms with Gasteiger partial charge in [-0.05, 0) is 24.5 Å². The van der Waals surface area contributed by atoms with Crippen molar-refractivity contribution in [3.8, 4) is 11.3 Å². The van der Waals surface area contributed by atoms with Crippen LogP contribution in [-0.2, 0) is 4.79 Å². The minimum absolute atomic E-state index is 0.0937. The van der Waals surface area contributed by atoms with Crippen LogP contribution in [0.25, 0.3) is 11.3 Å². The van der Waals surface area contributed by atoms with Crippen LogP contribution >= 0.6 is 46.3 Å². The molecule has 0 bridgehead atoms. The molecule has 2 aromatic heterocycles. The fourth-order valence-electron chi connectivity index (χ4n) is 2.57. The van der Waals surface area contributed by atoms with E-state index in [1.54, 1.807) is 6.07 Å². The Labute approximate surface area is 178 Å². The molecule has 1 aromatic carbocycles. The summed E-state index contributed by atoms with van der Waals surface area (Å²) in [5, 5.41) is 10.8. The fourth-order valence-corrected chi connectivity index (χ4v) is 4.97. The van der Waals surface area contributed by atoms with Crippen molar-refractivity contribution < 1.29 is 4.79 Å². The van der Waals surface area contributed by atoms with Crippen molar-refractivity contribution in [1.82, 2.24) is 20.5 Å². The topological polar surface area (TPSA) is 87.7 Å². The summed E-state index contributed by atoms with van der Waals surface area (Å²) >= 11 is 14.4. The molecular formula is C18H14Cl2N4O2S2. The number of thioether (sulfide) groups is 1. The van der Waals surface area contributed by atoms with Crippen LogP contribution in [0.3, 0.4) is 0 Å². The molecule has 0 saturated heterocycles. The largest absolute Gasteiger partial charge is 0.352 e. The van der Waals surface area contributed by atoms with Crippen LogP contribution in [0.15, 0.2) is 46.3 Å². The van der Waals surface area contributed by atoms with Crippen LogP contribution in [0.4, 0.5) is 0 Å². The van der Waals surface area contributed by atoms with Gasteiger partial charge in [0, 0.05) is 11.6 Å². The first-order valence-corrected chi connectivity index (χ1v) is 10.9. The van der Waals surface area contributed by atoms with Crippen molar-refractivity contribution in [2.45, 2.75) is 29.3 Å². The predicted molar refractivity (Wildman–Crippen MR) is 112 cm³/mol. The van der Waals surface area contributed by atoms with Gasteiger partial charge in [-0.15, -0.1) is 21.5 Å². The number of thiophene rings is 1. The highest BCUT2D eigenvalue weighted by atomic mass is 35.5. The number of carbonyl (C=O) groups is 1. The molecule has 1 amide bonds. The summed E-state index contributed by atoms with van der Waals surface area (Å²) in [6.07, 6.45) is 1.99. The lowest BCUT2D eigenvalue weighted by atomic mass is 10.1. The zero-order valence-electron chi connectivity index (χ0n) is 14.3. The molecule has 1 fully saturated rings. The number of nitrogens with zero attached hydrogens (tertiary/aromatic N) is 2. The number of H-pyrrole nitrogens is 1. The first kappa shape index (κ1) is 19.4. The van der Waals surface area contributed by atoms with Gasteiger partial charge in [-0.3, -0.25) is 14.6 Å². The summed E-state index contributed by atoms with van der Waals surface area (Å²) in [5.74, 6) is -0.113. The number of hydrogen-bond acceptors (Lipinski definition) is 6. The Hall–Kier alpha value is -1.87. The molecular weight excluding hydrogens is 439 g/mol. The summed E-state index contributed by atoms with van der Waals surface area (Å²) in [6.45, 7) is 0. The minimum Gasteiger partial charge on any atom is -0.352 e. The molecule has 1 aliphatic rings. The maximum atomic E-state index is 12.7. The lowest BCUT2D eigenvalue weighted by Crippen LogP contribution is -2.30. The highest BCUT2D eigenvalue weighted by Crippen LogP contribution is 2.37. The average molecular weight is 453 g/mol. The number of benzene rings is 1. The van der Waals surface area contributed by atoms with Crippen molar-refractivity contribution in [2.24, 2.45) is 0 Å². The van der Waals surface area contributed by atoms with Gasteiger partial charge in [-0.1, -0.05) is 65.3 Å². The molecule has 1 saturated carbocycles. The second-order valence-corrected chi connectivity index (χ2v) is 9.62. The molecule has 4 rings (SSSR count). The third kappa shape index (κ3) is 4.41. The molecule has 0 aliphatic heterocycles. The van der Waals surface area contributed by atoms with Crippen LogP contribution < -0.4 is 10.9 Å². The van der Waals surface area contributed by atoms with Crippen molar-refractivity contribution in [3.05, 3.63) is 61.0 Å². The number of rotatable bonds is 6. The first-order valence-electron chi connectivity index (χ1n) is 8.45. The molecule has 2 heterocycles. The Kier molecular flexibility index (Phi) is 5.73. The van der Waals surface area contributed by atoms with E-state index >= 15 is 0 Å². The van der Waals surface area contributed by atoms with Gasteiger partial charge in [0.1, 0.15) is 9.59 Å². The molecule has 1 aliphatic carbocycles. The van der Waals surface area contributed by atoms with Gasteiger partial charge in [-0.2, -0.15) is 0 Å². The van der Waals surface area contributed by atoms with Crippen molar-refractivity contribution in [2.75, 3.05) is 0 Å². The van der Waals surface area contributed by atoms with Gasteiger partial charge in [0.25, 0.3) is 5.56 Å². The Morgan fingerprint density at radius 1 is 1.25 bits per heavy atom. The SMILES string of the molecule is O=C(NC1CC1)C(Sc1nnc(-c2cc(Cl)sc2Cl)c(=O)[nH]1)c1ccccc1. The van der Waals surface area contributed by atoms with Crippen molar-refractivity contribution in [1.29, 1.82) is 0 Å². The lowest BCUT2D eigenvalue weighted by molar-refractivity contribution is -0.120. The minimum atomic E-state index is -0.545. The number of aromatic nitrogens is 3. The Morgan fingerprint density at radius 2 is 2.00 bits per heavy atom. The molecule has 3 aromatic rings. The van der Waals surface area contributed by atoms with Crippen LogP contribution in [0.2, 0.25) is 8.67 Å². The molecule has 0 radical (unpaired) electrons. The molecule has 1 unspecified atom stereocenters. The maximum Gasteiger partial charge on any atom is 0.278 e. The van der Waals surface area contributed by atoms with E-state index in [1.165, 1.54) is 0 Å². The normalized spacial score (nSPS) is 14.6. The van der Waals surface area contributed by atoms with E-state index in [0.29, 0.717) is 14.2 Å². The molecule has 1 atom stereocenters. The van der Waals surface area contributed by atoms with Gasteiger partial charge in [-0.25, -0.2) is 0 Å². The van der Waals surface area contributed by atoms with Crippen molar-refractivity contribution in [3.63, 3.8) is 0 Å². The summed E-state index contributed by atoms with van der Waals surface area (Å²) in [6, 6.07) is 11.2. The summed E-state index contributed by atoms with van der Waals surface area (Å²) in [7, 11) is 0. The predicted octanol–water partition coefficient (Wildman–Crippen LogP) is 4.31. The number of nitrogens with one attached hydrogen (secondary N) is 2. The molecule has 0 spiro atoms. The quantitative estimate of drug-likeness (QED) is 0.543. The highest BCUT2D eigenvalue weighted by molar-refractivity contribution is 8.00. The van der Waals surface area contributed by atoms with Crippen molar-refractivity contribution >= 4 is 52.2 Å². The third-order valence-electron chi connectivity index (χ3n) is 4.08.